The second-order valence-electron chi connectivity index (χ2n) is 9.03. The fourth-order valence-electron chi connectivity index (χ4n) is 5.22. The van der Waals surface area contributed by atoms with Crippen LogP contribution in [0, 0.1) is 6.92 Å². The highest BCUT2D eigenvalue weighted by molar-refractivity contribution is 9.10. The van der Waals surface area contributed by atoms with Crippen molar-refractivity contribution in [2.45, 2.75) is 45.4 Å². The van der Waals surface area contributed by atoms with Crippen LogP contribution in [0.25, 0.3) is 22.3 Å². The minimum Gasteiger partial charge on any atom is -0.0529 e. The van der Waals surface area contributed by atoms with Crippen LogP contribution in [0.1, 0.15) is 55.5 Å². The summed E-state index contributed by atoms with van der Waals surface area (Å²) in [5.41, 5.74) is 12.7. The Bertz CT molecular complexity index is 1150. The average Bonchev–Trinajstić information content (AvgIpc) is 2.93. The molecule has 0 atom stereocenters. The summed E-state index contributed by atoms with van der Waals surface area (Å²) in [6, 6.07) is 16.2. The number of aryl methyl sites for hydroxylation is 1. The highest BCUT2D eigenvalue weighted by Crippen LogP contribution is 2.57. The Morgan fingerprint density at radius 3 is 1.89 bits per heavy atom. The molecule has 0 heterocycles. The largest absolute Gasteiger partial charge is 0.0529 e. The first-order chi connectivity index (χ1) is 12.6. The van der Waals surface area contributed by atoms with E-state index in [1.165, 1.54) is 54.5 Å². The Hall–Kier alpha value is -1.38. The number of halogens is 2. The van der Waals surface area contributed by atoms with Crippen molar-refractivity contribution < 1.29 is 0 Å². The third-order valence-corrected chi connectivity index (χ3v) is 7.64. The van der Waals surface area contributed by atoms with Crippen LogP contribution in [0.4, 0.5) is 0 Å². The molecule has 0 saturated carbocycles. The second-order valence-corrected chi connectivity index (χ2v) is 10.9. The summed E-state index contributed by atoms with van der Waals surface area (Å²) in [5.74, 6) is 0. The second kappa shape index (κ2) is 5.36. The summed E-state index contributed by atoms with van der Waals surface area (Å²) in [4.78, 5) is 0. The Labute approximate surface area is 178 Å². The van der Waals surface area contributed by atoms with Gasteiger partial charge in [-0.2, -0.15) is 0 Å². The van der Waals surface area contributed by atoms with Crippen LogP contribution < -0.4 is 0 Å². The van der Waals surface area contributed by atoms with Crippen molar-refractivity contribution in [2.75, 3.05) is 0 Å². The van der Waals surface area contributed by atoms with E-state index in [1.54, 1.807) is 0 Å². The molecular weight excluding hydrogens is 460 g/mol. The van der Waals surface area contributed by atoms with E-state index in [4.69, 9.17) is 0 Å². The van der Waals surface area contributed by atoms with Crippen molar-refractivity contribution in [1.29, 1.82) is 0 Å². The summed E-state index contributed by atoms with van der Waals surface area (Å²) in [6.07, 6.45) is 0. The van der Waals surface area contributed by atoms with Crippen LogP contribution in [-0.2, 0) is 10.8 Å². The van der Waals surface area contributed by atoms with E-state index >= 15 is 0 Å². The van der Waals surface area contributed by atoms with E-state index in [9.17, 15) is 0 Å². The lowest BCUT2D eigenvalue weighted by atomic mass is 9.79. The molecule has 0 aromatic heterocycles. The molecule has 0 bridgehead atoms. The van der Waals surface area contributed by atoms with Crippen molar-refractivity contribution >= 4 is 31.9 Å². The van der Waals surface area contributed by atoms with Crippen LogP contribution >= 0.6 is 31.9 Å². The first-order valence-electron chi connectivity index (χ1n) is 9.43. The molecule has 5 rings (SSSR count). The van der Waals surface area contributed by atoms with Gasteiger partial charge in [0, 0.05) is 19.8 Å². The van der Waals surface area contributed by atoms with Gasteiger partial charge in [0.25, 0.3) is 0 Å². The molecule has 2 aliphatic carbocycles. The normalized spacial score (nSPS) is 17.3. The zero-order chi connectivity index (χ0) is 19.3. The third kappa shape index (κ3) is 2.20. The van der Waals surface area contributed by atoms with Gasteiger partial charge in [-0.1, -0.05) is 65.6 Å². The van der Waals surface area contributed by atoms with Crippen molar-refractivity contribution in [2.24, 2.45) is 0 Å². The minimum absolute atomic E-state index is 0.0104. The molecule has 0 saturated heterocycles. The topological polar surface area (TPSA) is 0 Å². The number of fused-ring (bicyclic) bond motifs is 6. The zero-order valence-electron chi connectivity index (χ0n) is 16.3. The van der Waals surface area contributed by atoms with Gasteiger partial charge in [0.05, 0.1) is 0 Å². The van der Waals surface area contributed by atoms with Gasteiger partial charge in [-0.25, -0.2) is 0 Å². The van der Waals surface area contributed by atoms with Crippen molar-refractivity contribution in [3.63, 3.8) is 0 Å². The van der Waals surface area contributed by atoms with Gasteiger partial charge in [-0.15, -0.1) is 0 Å². The van der Waals surface area contributed by atoms with Gasteiger partial charge in [-0.05, 0) is 93.4 Å². The van der Waals surface area contributed by atoms with Crippen molar-refractivity contribution in [1.82, 2.24) is 0 Å². The molecule has 0 amide bonds. The Morgan fingerprint density at radius 2 is 1.15 bits per heavy atom. The predicted molar refractivity (Wildman–Crippen MR) is 122 cm³/mol. The third-order valence-electron chi connectivity index (χ3n) is 6.69. The van der Waals surface area contributed by atoms with Crippen LogP contribution in [0.5, 0.6) is 0 Å². The molecule has 0 aliphatic heterocycles. The van der Waals surface area contributed by atoms with Gasteiger partial charge >= 0.3 is 0 Å². The summed E-state index contributed by atoms with van der Waals surface area (Å²) >= 11 is 7.37. The van der Waals surface area contributed by atoms with Gasteiger partial charge in [0.1, 0.15) is 0 Å². The quantitative estimate of drug-likeness (QED) is 0.304. The van der Waals surface area contributed by atoms with E-state index < -0.39 is 0 Å². The maximum absolute atomic E-state index is 3.71. The lowest BCUT2D eigenvalue weighted by Gasteiger charge is -2.24. The fraction of sp³-hybridized carbons (Fsp3) is 0.280. The maximum atomic E-state index is 3.71. The standard InChI is InChI=1S/C25H22Br2/c1-13-8-15(27)10-22-23(13)18-12-20-17(11-21(18)25(22,4)5)16-7-6-14(26)9-19(16)24(20,2)3/h6-12H,1-5H3. The number of benzene rings is 3. The molecule has 3 aromatic carbocycles. The molecule has 27 heavy (non-hydrogen) atoms. The minimum atomic E-state index is 0.0104. The van der Waals surface area contributed by atoms with E-state index in [2.05, 4.69) is 109 Å². The predicted octanol–water partition coefficient (Wildman–Crippen LogP) is 8.13. The van der Waals surface area contributed by atoms with Crippen LogP contribution in [0.3, 0.4) is 0 Å². The van der Waals surface area contributed by atoms with E-state index in [1.807, 2.05) is 0 Å². The molecule has 2 heteroatoms. The number of rotatable bonds is 0. The highest BCUT2D eigenvalue weighted by atomic mass is 79.9. The molecule has 136 valence electrons. The first-order valence-corrected chi connectivity index (χ1v) is 11.0. The molecule has 0 spiro atoms. The highest BCUT2D eigenvalue weighted by Gasteiger charge is 2.42. The Balaban J connectivity index is 1.86. The average molecular weight is 482 g/mol. The van der Waals surface area contributed by atoms with E-state index in [0.29, 0.717) is 0 Å². The van der Waals surface area contributed by atoms with Crippen molar-refractivity contribution in [3.8, 4) is 22.3 Å². The fourth-order valence-corrected chi connectivity index (χ4v) is 6.15. The lowest BCUT2D eigenvalue weighted by Crippen LogP contribution is -2.17. The molecule has 2 aliphatic rings. The molecular formula is C25H22Br2. The van der Waals surface area contributed by atoms with Gasteiger partial charge in [0.15, 0.2) is 0 Å². The van der Waals surface area contributed by atoms with Crippen LogP contribution in [0.15, 0.2) is 51.4 Å². The Kier molecular flexibility index (Phi) is 3.51. The number of hydrogen-bond acceptors (Lipinski definition) is 0. The van der Waals surface area contributed by atoms with Crippen LogP contribution in [0.2, 0.25) is 0 Å². The van der Waals surface area contributed by atoms with Gasteiger partial charge in [0.2, 0.25) is 0 Å². The van der Waals surface area contributed by atoms with Gasteiger partial charge in [-0.3, -0.25) is 0 Å². The summed E-state index contributed by atoms with van der Waals surface area (Å²) in [7, 11) is 0. The monoisotopic (exact) mass is 480 g/mol. The Morgan fingerprint density at radius 1 is 0.593 bits per heavy atom. The van der Waals surface area contributed by atoms with Crippen LogP contribution in [-0.4, -0.2) is 0 Å². The molecule has 0 nitrogen and oxygen atoms in total. The smallest absolute Gasteiger partial charge is 0.0181 e. The lowest BCUT2D eigenvalue weighted by molar-refractivity contribution is 0.651. The van der Waals surface area contributed by atoms with Crippen molar-refractivity contribution in [3.05, 3.63) is 79.2 Å². The van der Waals surface area contributed by atoms with E-state index in [0.717, 1.165) is 4.47 Å². The SMILES string of the molecule is Cc1cc(Br)cc2c1-c1cc3c(cc1C2(C)C)-c1ccc(Br)cc1C3(C)C. The maximum Gasteiger partial charge on any atom is 0.0181 e. The first kappa shape index (κ1) is 17.7. The molecule has 3 aromatic rings. The van der Waals surface area contributed by atoms with Gasteiger partial charge < -0.3 is 0 Å². The van der Waals surface area contributed by atoms with E-state index in [-0.39, 0.29) is 10.8 Å². The number of hydrogen-bond donors (Lipinski definition) is 0. The molecule has 0 unspecified atom stereocenters. The molecule has 0 fully saturated rings. The zero-order valence-corrected chi connectivity index (χ0v) is 19.5. The molecule has 0 radical (unpaired) electrons. The molecule has 0 N–H and O–H groups in total. The summed E-state index contributed by atoms with van der Waals surface area (Å²) < 4.78 is 2.32. The summed E-state index contributed by atoms with van der Waals surface area (Å²) in [5, 5.41) is 0. The summed E-state index contributed by atoms with van der Waals surface area (Å²) in [6.45, 7) is 11.7.